The third kappa shape index (κ3) is 3.84. The van der Waals surface area contributed by atoms with Crippen LogP contribution in [0.25, 0.3) is 16.4 Å². The minimum absolute atomic E-state index is 0.129. The number of pyridine rings is 1. The number of hydrogen-bond donors (Lipinski definition) is 1. The molecule has 8 heteroatoms. The van der Waals surface area contributed by atoms with Gasteiger partial charge in [-0.25, -0.2) is 9.67 Å². The third-order valence-electron chi connectivity index (χ3n) is 4.85. The van der Waals surface area contributed by atoms with Crippen molar-refractivity contribution in [3.63, 3.8) is 0 Å². The first kappa shape index (κ1) is 19.1. The van der Waals surface area contributed by atoms with E-state index in [0.717, 1.165) is 33.3 Å². The highest BCUT2D eigenvalue weighted by atomic mass is 32.1. The number of hydrogen-bond acceptors (Lipinski definition) is 5. The van der Waals surface area contributed by atoms with Crippen LogP contribution >= 0.6 is 11.3 Å². The second kappa shape index (κ2) is 8.00. The van der Waals surface area contributed by atoms with Crippen molar-refractivity contribution in [2.24, 2.45) is 7.05 Å². The fraction of sp³-hybridized carbons (Fsp3) is 0.238. The van der Waals surface area contributed by atoms with Crippen molar-refractivity contribution in [3.05, 3.63) is 70.6 Å². The SMILES string of the molecule is Cc1nn(-c2ccccn2)c(C)c1CCNC(=O)c1cc(-c2cccs2)nn1C. The first-order chi connectivity index (χ1) is 14.0. The third-order valence-corrected chi connectivity index (χ3v) is 5.75. The van der Waals surface area contributed by atoms with E-state index in [2.05, 4.69) is 20.5 Å². The Morgan fingerprint density at radius 2 is 2.03 bits per heavy atom. The fourth-order valence-corrected chi connectivity index (χ4v) is 4.04. The lowest BCUT2D eigenvalue weighted by atomic mass is 10.1. The summed E-state index contributed by atoms with van der Waals surface area (Å²) in [4.78, 5) is 18.1. The number of nitrogens with zero attached hydrogens (tertiary/aromatic N) is 5. The highest BCUT2D eigenvalue weighted by molar-refractivity contribution is 7.13. The lowest BCUT2D eigenvalue weighted by molar-refractivity contribution is 0.0944. The minimum Gasteiger partial charge on any atom is -0.350 e. The number of thiophene rings is 1. The molecule has 4 heterocycles. The van der Waals surface area contributed by atoms with E-state index in [1.165, 1.54) is 0 Å². The molecular weight excluding hydrogens is 384 g/mol. The Morgan fingerprint density at radius 3 is 2.76 bits per heavy atom. The predicted octanol–water partition coefficient (Wildman–Crippen LogP) is 3.32. The Morgan fingerprint density at radius 1 is 1.17 bits per heavy atom. The molecule has 0 aromatic carbocycles. The zero-order chi connectivity index (χ0) is 20.4. The van der Waals surface area contributed by atoms with E-state index in [9.17, 15) is 4.79 Å². The summed E-state index contributed by atoms with van der Waals surface area (Å²) in [7, 11) is 1.79. The fourth-order valence-electron chi connectivity index (χ4n) is 3.35. The summed E-state index contributed by atoms with van der Waals surface area (Å²) in [6.45, 7) is 4.53. The molecule has 0 aliphatic heterocycles. The van der Waals surface area contributed by atoms with E-state index >= 15 is 0 Å². The van der Waals surface area contributed by atoms with Gasteiger partial charge >= 0.3 is 0 Å². The largest absolute Gasteiger partial charge is 0.350 e. The van der Waals surface area contributed by atoms with E-state index < -0.39 is 0 Å². The Bertz CT molecular complexity index is 1130. The summed E-state index contributed by atoms with van der Waals surface area (Å²) in [6.07, 6.45) is 2.45. The summed E-state index contributed by atoms with van der Waals surface area (Å²) in [5.74, 6) is 0.662. The van der Waals surface area contributed by atoms with Gasteiger partial charge in [0.15, 0.2) is 5.82 Å². The number of rotatable bonds is 6. The number of amides is 1. The van der Waals surface area contributed by atoms with E-state index in [1.807, 2.05) is 60.3 Å². The van der Waals surface area contributed by atoms with Crippen molar-refractivity contribution < 1.29 is 4.79 Å². The summed E-state index contributed by atoms with van der Waals surface area (Å²) in [5, 5.41) is 14.1. The highest BCUT2D eigenvalue weighted by Gasteiger charge is 2.16. The monoisotopic (exact) mass is 406 g/mol. The molecule has 1 N–H and O–H groups in total. The Balaban J connectivity index is 1.43. The Labute approximate surface area is 173 Å². The lowest BCUT2D eigenvalue weighted by Crippen LogP contribution is -2.27. The summed E-state index contributed by atoms with van der Waals surface area (Å²) in [5.41, 5.74) is 4.47. The quantitative estimate of drug-likeness (QED) is 0.533. The molecule has 0 bridgehead atoms. The van der Waals surface area contributed by atoms with Crippen molar-refractivity contribution in [3.8, 4) is 16.4 Å². The standard InChI is InChI=1S/C21H22N6OS/c1-14-16(15(2)27(24-14)20-8-4-5-10-22-20)9-11-23-21(28)18-13-17(25-26(18)3)19-7-6-12-29-19/h4-8,10,12-13H,9,11H2,1-3H3,(H,23,28). The number of carbonyl (C=O) groups is 1. The van der Waals surface area contributed by atoms with Gasteiger partial charge < -0.3 is 5.32 Å². The van der Waals surface area contributed by atoms with Crippen LogP contribution in [0.3, 0.4) is 0 Å². The maximum Gasteiger partial charge on any atom is 0.269 e. The molecular formula is C21H22N6OS. The molecule has 0 fully saturated rings. The normalized spacial score (nSPS) is 11.0. The zero-order valence-corrected chi connectivity index (χ0v) is 17.4. The molecule has 0 saturated carbocycles. The van der Waals surface area contributed by atoms with Gasteiger partial charge in [0, 0.05) is 25.5 Å². The molecule has 0 radical (unpaired) electrons. The molecule has 0 aliphatic rings. The summed E-state index contributed by atoms with van der Waals surface area (Å²) >= 11 is 1.61. The molecule has 0 atom stereocenters. The van der Waals surface area contributed by atoms with Crippen LogP contribution in [-0.4, -0.2) is 37.0 Å². The van der Waals surface area contributed by atoms with Crippen molar-refractivity contribution in [1.82, 2.24) is 29.9 Å². The molecule has 0 spiro atoms. The topological polar surface area (TPSA) is 77.6 Å². The maximum absolute atomic E-state index is 12.6. The van der Waals surface area contributed by atoms with Crippen molar-refractivity contribution in [1.29, 1.82) is 0 Å². The molecule has 0 aliphatic carbocycles. The van der Waals surface area contributed by atoms with Gasteiger partial charge in [-0.05, 0) is 55.5 Å². The zero-order valence-electron chi connectivity index (χ0n) is 16.6. The molecule has 4 aromatic heterocycles. The van der Waals surface area contributed by atoms with E-state index in [4.69, 9.17) is 0 Å². The van der Waals surface area contributed by atoms with Crippen LogP contribution in [0, 0.1) is 13.8 Å². The molecule has 148 valence electrons. The van der Waals surface area contributed by atoms with Gasteiger partial charge in [-0.3, -0.25) is 9.48 Å². The molecule has 4 aromatic rings. The van der Waals surface area contributed by atoms with Crippen molar-refractivity contribution in [2.75, 3.05) is 6.54 Å². The first-order valence-corrected chi connectivity index (χ1v) is 10.2. The Kier molecular flexibility index (Phi) is 5.26. The van der Waals surface area contributed by atoms with Crippen LogP contribution in [0.15, 0.2) is 48.0 Å². The molecule has 7 nitrogen and oxygen atoms in total. The molecule has 0 unspecified atom stereocenters. The van der Waals surface area contributed by atoms with Gasteiger partial charge in [-0.15, -0.1) is 11.3 Å². The molecule has 0 saturated heterocycles. The van der Waals surface area contributed by atoms with Gasteiger partial charge in [0.25, 0.3) is 5.91 Å². The molecule has 29 heavy (non-hydrogen) atoms. The molecule has 4 rings (SSSR count). The second-order valence-corrected chi connectivity index (χ2v) is 7.72. The van der Waals surface area contributed by atoms with E-state index in [1.54, 1.807) is 29.3 Å². The maximum atomic E-state index is 12.6. The number of aryl methyl sites for hydroxylation is 2. The second-order valence-electron chi connectivity index (χ2n) is 6.77. The van der Waals surface area contributed by atoms with Crippen molar-refractivity contribution in [2.45, 2.75) is 20.3 Å². The van der Waals surface area contributed by atoms with Gasteiger partial charge in [-0.1, -0.05) is 12.1 Å². The summed E-state index contributed by atoms with van der Waals surface area (Å²) in [6, 6.07) is 11.6. The molecule has 1 amide bonds. The van der Waals surface area contributed by atoms with Gasteiger partial charge in [0.05, 0.1) is 10.6 Å². The predicted molar refractivity (Wildman–Crippen MR) is 113 cm³/mol. The van der Waals surface area contributed by atoms with Gasteiger partial charge in [0.2, 0.25) is 0 Å². The Hall–Kier alpha value is -3.26. The van der Waals surface area contributed by atoms with Crippen molar-refractivity contribution >= 4 is 17.2 Å². The van der Waals surface area contributed by atoms with Crippen LogP contribution in [0.5, 0.6) is 0 Å². The summed E-state index contributed by atoms with van der Waals surface area (Å²) < 4.78 is 3.47. The number of carbonyl (C=O) groups excluding carboxylic acids is 1. The van der Waals surface area contributed by atoms with Gasteiger partial charge in [0.1, 0.15) is 11.4 Å². The van der Waals surface area contributed by atoms with Crippen LogP contribution in [-0.2, 0) is 13.5 Å². The highest BCUT2D eigenvalue weighted by Crippen LogP contribution is 2.24. The van der Waals surface area contributed by atoms with Crippen LogP contribution in [0.4, 0.5) is 0 Å². The first-order valence-electron chi connectivity index (χ1n) is 9.37. The van der Waals surface area contributed by atoms with Crippen LogP contribution < -0.4 is 5.32 Å². The number of nitrogens with one attached hydrogen (secondary N) is 1. The average Bonchev–Trinajstić information content (AvgIpc) is 3.44. The number of aromatic nitrogens is 5. The smallest absolute Gasteiger partial charge is 0.269 e. The van der Waals surface area contributed by atoms with Gasteiger partial charge in [-0.2, -0.15) is 10.2 Å². The average molecular weight is 407 g/mol. The van der Waals surface area contributed by atoms with Crippen LogP contribution in [0.2, 0.25) is 0 Å². The lowest BCUT2D eigenvalue weighted by Gasteiger charge is -2.06. The van der Waals surface area contributed by atoms with E-state index in [-0.39, 0.29) is 5.91 Å². The van der Waals surface area contributed by atoms with Crippen LogP contribution in [0.1, 0.15) is 27.4 Å². The minimum atomic E-state index is -0.129. The van der Waals surface area contributed by atoms with E-state index in [0.29, 0.717) is 18.7 Å².